The second-order valence-corrected chi connectivity index (χ2v) is 9.74. The van der Waals surface area contributed by atoms with Crippen molar-refractivity contribution in [2.75, 3.05) is 18.1 Å². The lowest BCUT2D eigenvalue weighted by Crippen LogP contribution is -2.29. The molecule has 186 valence electrons. The molecule has 3 heterocycles. The van der Waals surface area contributed by atoms with Gasteiger partial charge in [-0.15, -0.1) is 0 Å². The van der Waals surface area contributed by atoms with Crippen molar-refractivity contribution < 1.29 is 28.6 Å². The Labute approximate surface area is 215 Å². The van der Waals surface area contributed by atoms with Crippen molar-refractivity contribution in [3.05, 3.63) is 88.7 Å². The van der Waals surface area contributed by atoms with Gasteiger partial charge in [0.15, 0.2) is 16.6 Å². The van der Waals surface area contributed by atoms with E-state index in [0.717, 1.165) is 23.3 Å². The van der Waals surface area contributed by atoms with Crippen molar-refractivity contribution in [2.24, 2.45) is 0 Å². The molecule has 37 heavy (non-hydrogen) atoms. The van der Waals surface area contributed by atoms with E-state index in [1.165, 1.54) is 23.1 Å². The van der Waals surface area contributed by atoms with Gasteiger partial charge in [-0.1, -0.05) is 42.5 Å². The highest BCUT2D eigenvalue weighted by Crippen LogP contribution is 2.45. The lowest BCUT2D eigenvalue weighted by Gasteiger charge is -2.23. The fourth-order valence-corrected chi connectivity index (χ4v) is 5.63. The van der Waals surface area contributed by atoms with Crippen LogP contribution in [0.4, 0.5) is 9.52 Å². The third-order valence-electron chi connectivity index (χ3n) is 6.51. The Balaban J connectivity index is 1.53. The van der Waals surface area contributed by atoms with E-state index < -0.39 is 23.5 Å². The van der Waals surface area contributed by atoms with Gasteiger partial charge in [0.2, 0.25) is 0 Å². The van der Waals surface area contributed by atoms with Crippen LogP contribution >= 0.6 is 11.3 Å². The number of aliphatic hydroxyl groups is 1. The standard InChI is InChI=1S/C28H21FN2O5S/c1-2-15-3-5-16(6-4-15)24-23(25(32)17-7-10-20-21(13-17)36-12-11-35-20)26(33)27(34)31(24)28-30-19-9-8-18(29)14-22(19)37-28/h3-10,13-14,24,32H,2,11-12H2,1H3. The van der Waals surface area contributed by atoms with E-state index >= 15 is 0 Å². The molecular formula is C28H21FN2O5S. The number of aryl methyl sites for hydroxylation is 1. The molecule has 0 saturated carbocycles. The Bertz CT molecular complexity index is 1590. The van der Waals surface area contributed by atoms with Crippen LogP contribution in [0.25, 0.3) is 16.0 Å². The third kappa shape index (κ3) is 3.92. The van der Waals surface area contributed by atoms with Gasteiger partial charge in [-0.05, 0) is 53.9 Å². The number of nitrogens with zero attached hydrogens (tertiary/aromatic N) is 2. The maximum Gasteiger partial charge on any atom is 0.301 e. The van der Waals surface area contributed by atoms with Crippen LogP contribution in [0.15, 0.2) is 66.2 Å². The maximum atomic E-state index is 13.8. The van der Waals surface area contributed by atoms with Crippen LogP contribution in [0.2, 0.25) is 0 Å². The van der Waals surface area contributed by atoms with Crippen LogP contribution in [-0.4, -0.2) is 35.0 Å². The average Bonchev–Trinajstić information content (AvgIpc) is 3.45. The first kappa shape index (κ1) is 23.2. The number of ketones is 1. The molecule has 1 fully saturated rings. The summed E-state index contributed by atoms with van der Waals surface area (Å²) in [6.45, 7) is 2.82. The van der Waals surface area contributed by atoms with Gasteiger partial charge >= 0.3 is 5.91 Å². The van der Waals surface area contributed by atoms with Gasteiger partial charge in [0.1, 0.15) is 24.8 Å². The zero-order chi connectivity index (χ0) is 25.7. The molecule has 7 nitrogen and oxygen atoms in total. The second-order valence-electron chi connectivity index (χ2n) is 8.73. The molecule has 3 aromatic carbocycles. The summed E-state index contributed by atoms with van der Waals surface area (Å²) in [6.07, 6.45) is 0.821. The topological polar surface area (TPSA) is 89.0 Å². The maximum absolute atomic E-state index is 13.8. The number of halogens is 1. The summed E-state index contributed by atoms with van der Waals surface area (Å²) in [6, 6.07) is 15.6. The SMILES string of the molecule is CCc1ccc(C2C(=C(O)c3ccc4c(c3)OCCO4)C(=O)C(=O)N2c2nc3ccc(F)cc3s2)cc1. The van der Waals surface area contributed by atoms with Crippen molar-refractivity contribution in [3.8, 4) is 11.5 Å². The highest BCUT2D eigenvalue weighted by atomic mass is 32.1. The minimum Gasteiger partial charge on any atom is -0.507 e. The number of fused-ring (bicyclic) bond motifs is 2. The normalized spacial score (nSPS) is 18.5. The minimum atomic E-state index is -0.926. The fraction of sp³-hybridized carbons (Fsp3) is 0.179. The molecule has 0 radical (unpaired) electrons. The Kier molecular flexibility index (Phi) is 5.64. The Morgan fingerprint density at radius 1 is 1.05 bits per heavy atom. The van der Waals surface area contributed by atoms with Gasteiger partial charge in [0, 0.05) is 5.56 Å². The number of hydrogen-bond donors (Lipinski definition) is 1. The molecule has 2 aliphatic rings. The van der Waals surface area contributed by atoms with Crippen molar-refractivity contribution in [3.63, 3.8) is 0 Å². The first-order valence-corrected chi connectivity index (χ1v) is 12.6. The molecule has 1 saturated heterocycles. The lowest BCUT2D eigenvalue weighted by molar-refractivity contribution is -0.132. The Hall–Kier alpha value is -4.24. The molecule has 1 unspecified atom stereocenters. The van der Waals surface area contributed by atoms with E-state index in [-0.39, 0.29) is 16.5 Å². The molecule has 0 aliphatic carbocycles. The van der Waals surface area contributed by atoms with Gasteiger partial charge in [-0.2, -0.15) is 0 Å². The van der Waals surface area contributed by atoms with E-state index in [9.17, 15) is 19.1 Å². The molecule has 4 aromatic rings. The van der Waals surface area contributed by atoms with E-state index in [1.807, 2.05) is 31.2 Å². The van der Waals surface area contributed by atoms with Crippen LogP contribution in [0.5, 0.6) is 11.5 Å². The Morgan fingerprint density at radius 2 is 1.81 bits per heavy atom. The predicted octanol–water partition coefficient (Wildman–Crippen LogP) is 5.40. The minimum absolute atomic E-state index is 0.0589. The van der Waals surface area contributed by atoms with Crippen molar-refractivity contribution in [1.82, 2.24) is 4.98 Å². The van der Waals surface area contributed by atoms with Gasteiger partial charge < -0.3 is 14.6 Å². The highest BCUT2D eigenvalue weighted by Gasteiger charge is 2.48. The van der Waals surface area contributed by atoms with Crippen molar-refractivity contribution >= 4 is 44.1 Å². The molecule has 1 N–H and O–H groups in total. The number of Topliss-reactive ketones (excluding diaryl/α,β-unsaturated/α-hetero) is 1. The van der Waals surface area contributed by atoms with Crippen LogP contribution in [0.3, 0.4) is 0 Å². The van der Waals surface area contributed by atoms with Crippen LogP contribution in [0, 0.1) is 5.82 Å². The van der Waals surface area contributed by atoms with E-state index in [4.69, 9.17) is 9.47 Å². The lowest BCUT2D eigenvalue weighted by atomic mass is 9.94. The van der Waals surface area contributed by atoms with Crippen molar-refractivity contribution in [1.29, 1.82) is 0 Å². The largest absolute Gasteiger partial charge is 0.507 e. The number of thiazole rings is 1. The molecule has 0 bridgehead atoms. The van der Waals surface area contributed by atoms with Gasteiger partial charge in [-0.25, -0.2) is 9.37 Å². The van der Waals surface area contributed by atoms with Gasteiger partial charge in [0.05, 0.1) is 21.8 Å². The molecule has 0 spiro atoms. The summed E-state index contributed by atoms with van der Waals surface area (Å²) in [7, 11) is 0. The number of benzene rings is 3. The average molecular weight is 517 g/mol. The second kappa shape index (κ2) is 9.01. The van der Waals surface area contributed by atoms with Crippen LogP contribution in [0.1, 0.15) is 29.7 Å². The molecule has 1 amide bonds. The van der Waals surface area contributed by atoms with Gasteiger partial charge in [0.25, 0.3) is 5.78 Å². The molecule has 6 rings (SSSR count). The zero-order valence-electron chi connectivity index (χ0n) is 19.7. The summed E-state index contributed by atoms with van der Waals surface area (Å²) >= 11 is 1.11. The number of carbonyl (C=O) groups is 2. The number of anilines is 1. The molecule has 9 heteroatoms. The molecule has 1 aromatic heterocycles. The monoisotopic (exact) mass is 516 g/mol. The summed E-state index contributed by atoms with van der Waals surface area (Å²) in [5, 5.41) is 11.6. The van der Waals surface area contributed by atoms with E-state index in [2.05, 4.69) is 4.98 Å². The molecular weight excluding hydrogens is 495 g/mol. The highest BCUT2D eigenvalue weighted by molar-refractivity contribution is 7.22. The number of rotatable bonds is 4. The number of aliphatic hydroxyl groups excluding tert-OH is 1. The van der Waals surface area contributed by atoms with E-state index in [1.54, 1.807) is 18.2 Å². The summed E-state index contributed by atoms with van der Waals surface area (Å²) in [5.41, 5.74) is 2.50. The third-order valence-corrected chi connectivity index (χ3v) is 7.53. The fourth-order valence-electron chi connectivity index (χ4n) is 4.62. The van der Waals surface area contributed by atoms with Crippen molar-refractivity contribution in [2.45, 2.75) is 19.4 Å². The number of hydrogen-bond acceptors (Lipinski definition) is 7. The number of amides is 1. The Morgan fingerprint density at radius 3 is 2.57 bits per heavy atom. The first-order chi connectivity index (χ1) is 17.9. The zero-order valence-corrected chi connectivity index (χ0v) is 20.5. The first-order valence-electron chi connectivity index (χ1n) is 11.8. The summed E-state index contributed by atoms with van der Waals surface area (Å²) < 4.78 is 25.6. The number of ether oxygens (including phenoxy) is 2. The number of carbonyl (C=O) groups excluding carboxylic acids is 2. The predicted molar refractivity (Wildman–Crippen MR) is 138 cm³/mol. The number of aromatic nitrogens is 1. The summed E-state index contributed by atoms with van der Waals surface area (Å²) in [4.78, 5) is 32.6. The summed E-state index contributed by atoms with van der Waals surface area (Å²) in [5.74, 6) is -1.41. The smallest absolute Gasteiger partial charge is 0.301 e. The van der Waals surface area contributed by atoms with E-state index in [0.29, 0.717) is 46.1 Å². The quantitative estimate of drug-likeness (QED) is 0.222. The van der Waals surface area contributed by atoms with Crippen LogP contribution < -0.4 is 14.4 Å². The molecule has 2 aliphatic heterocycles. The molecule has 1 atom stereocenters. The van der Waals surface area contributed by atoms with Gasteiger partial charge in [-0.3, -0.25) is 14.5 Å². The van der Waals surface area contributed by atoms with Crippen LogP contribution in [-0.2, 0) is 16.0 Å².